The van der Waals surface area contributed by atoms with Crippen LogP contribution < -0.4 is 11.1 Å². The average molecular weight is 194 g/mol. The normalized spacial score (nSPS) is 8.57. The van der Waals surface area contributed by atoms with Crippen LogP contribution in [0, 0.1) is 5.41 Å². The Morgan fingerprint density at radius 3 is 2.43 bits per heavy atom. The summed E-state index contributed by atoms with van der Waals surface area (Å²) in [5, 5.41) is 10.4. The van der Waals surface area contributed by atoms with Gasteiger partial charge in [-0.2, -0.15) is 0 Å². The molecule has 0 bridgehead atoms. The van der Waals surface area contributed by atoms with E-state index in [1.165, 1.54) is 0 Å². The molecule has 0 spiro atoms. The third kappa shape index (κ3) is 2.73. The van der Waals surface area contributed by atoms with Gasteiger partial charge in [0.15, 0.2) is 0 Å². The summed E-state index contributed by atoms with van der Waals surface area (Å²) in [6.45, 7) is 5.69. The van der Waals surface area contributed by atoms with Crippen molar-refractivity contribution in [2.24, 2.45) is 0 Å². The molecule has 0 unspecified atom stereocenters. The summed E-state index contributed by atoms with van der Waals surface area (Å²) in [5.74, 6) is 0.398. The molecule has 0 aliphatic carbocycles. The zero-order valence-corrected chi connectivity index (χ0v) is 9.18. The lowest BCUT2D eigenvalue weighted by atomic mass is 10.1. The van der Waals surface area contributed by atoms with E-state index in [0.717, 1.165) is 5.69 Å². The quantitative estimate of drug-likeness (QED) is 0.631. The molecule has 4 N–H and O–H groups in total. The smallest absolute Gasteiger partial charge is 0.134 e. The second kappa shape index (κ2) is 5.96. The number of hydrogen-bond donors (Lipinski definition) is 3. The van der Waals surface area contributed by atoms with E-state index in [1.54, 1.807) is 26.2 Å². The van der Waals surface area contributed by atoms with Gasteiger partial charge in [-0.15, -0.1) is 0 Å². The number of nitrogen functional groups attached to an aromatic ring is 1. The second-order valence-electron chi connectivity index (χ2n) is 2.49. The van der Waals surface area contributed by atoms with E-state index in [-0.39, 0.29) is 0 Å². The second-order valence-corrected chi connectivity index (χ2v) is 2.49. The zero-order valence-electron chi connectivity index (χ0n) is 9.18. The van der Waals surface area contributed by atoms with Crippen molar-refractivity contribution in [1.29, 1.82) is 5.41 Å². The fraction of sp³-hybridized carbons (Fsp3) is 0.400. The maximum absolute atomic E-state index is 7.46. The first-order valence-corrected chi connectivity index (χ1v) is 4.64. The number of pyridine rings is 1. The molecule has 4 nitrogen and oxygen atoms in total. The van der Waals surface area contributed by atoms with Crippen LogP contribution in [0.2, 0.25) is 0 Å². The minimum atomic E-state index is 0.398. The first-order valence-electron chi connectivity index (χ1n) is 4.64. The maximum Gasteiger partial charge on any atom is 0.134 e. The Morgan fingerprint density at radius 2 is 2.07 bits per heavy atom. The minimum absolute atomic E-state index is 0.398. The Bertz CT molecular complexity index is 307. The number of anilines is 2. The van der Waals surface area contributed by atoms with Crippen LogP contribution in [0.1, 0.15) is 26.3 Å². The van der Waals surface area contributed by atoms with Crippen molar-refractivity contribution in [2.45, 2.75) is 20.8 Å². The van der Waals surface area contributed by atoms with Crippen molar-refractivity contribution in [2.75, 3.05) is 18.1 Å². The highest BCUT2D eigenvalue weighted by Crippen LogP contribution is 2.19. The lowest BCUT2D eigenvalue weighted by Crippen LogP contribution is -2.06. The topological polar surface area (TPSA) is 74.8 Å². The minimum Gasteiger partial charge on any atom is -0.387 e. The Morgan fingerprint density at radius 1 is 1.50 bits per heavy atom. The van der Waals surface area contributed by atoms with Gasteiger partial charge in [0.2, 0.25) is 0 Å². The van der Waals surface area contributed by atoms with E-state index in [0.29, 0.717) is 17.1 Å². The number of rotatable bonds is 2. The summed E-state index contributed by atoms with van der Waals surface area (Å²) in [7, 11) is 1.79. The molecule has 0 radical (unpaired) electrons. The summed E-state index contributed by atoms with van der Waals surface area (Å²) in [4.78, 5) is 3.91. The van der Waals surface area contributed by atoms with Crippen LogP contribution in [-0.2, 0) is 0 Å². The third-order valence-corrected chi connectivity index (χ3v) is 1.62. The van der Waals surface area contributed by atoms with E-state index < -0.39 is 0 Å². The van der Waals surface area contributed by atoms with Crippen LogP contribution in [0.25, 0.3) is 0 Å². The Balaban J connectivity index is 0.000000791. The summed E-state index contributed by atoms with van der Waals surface area (Å²) < 4.78 is 0. The molecule has 0 saturated heterocycles. The lowest BCUT2D eigenvalue weighted by Gasteiger charge is -2.08. The SMILES string of the molecule is CC.CNc1ccnc(N)c1C(C)=N. The van der Waals surface area contributed by atoms with Crippen molar-refractivity contribution in [3.05, 3.63) is 17.8 Å². The number of nitrogens with zero attached hydrogens (tertiary/aromatic N) is 1. The number of aromatic nitrogens is 1. The van der Waals surface area contributed by atoms with Crippen molar-refractivity contribution in [1.82, 2.24) is 4.98 Å². The highest BCUT2D eigenvalue weighted by Gasteiger charge is 2.07. The predicted octanol–water partition coefficient (Wildman–Crippen LogP) is 2.12. The molecule has 0 aromatic carbocycles. The third-order valence-electron chi connectivity index (χ3n) is 1.62. The Labute approximate surface area is 85.1 Å². The van der Waals surface area contributed by atoms with E-state index in [2.05, 4.69) is 10.3 Å². The molecule has 0 fully saturated rings. The molecule has 0 aliphatic rings. The largest absolute Gasteiger partial charge is 0.387 e. The van der Waals surface area contributed by atoms with Gasteiger partial charge in [0.25, 0.3) is 0 Å². The van der Waals surface area contributed by atoms with Gasteiger partial charge in [0.1, 0.15) is 5.82 Å². The van der Waals surface area contributed by atoms with Gasteiger partial charge < -0.3 is 16.5 Å². The highest BCUT2D eigenvalue weighted by molar-refractivity contribution is 6.05. The molecule has 4 heteroatoms. The van der Waals surface area contributed by atoms with Gasteiger partial charge >= 0.3 is 0 Å². The molecule has 1 heterocycles. The molecule has 78 valence electrons. The lowest BCUT2D eigenvalue weighted by molar-refractivity contribution is 1.30. The molecule has 0 amide bonds. The van der Waals surface area contributed by atoms with E-state index in [4.69, 9.17) is 11.1 Å². The molecular formula is C10H18N4. The summed E-state index contributed by atoms with van der Waals surface area (Å²) in [6, 6.07) is 1.80. The highest BCUT2D eigenvalue weighted by atomic mass is 14.9. The summed E-state index contributed by atoms with van der Waals surface area (Å²) in [6.07, 6.45) is 1.62. The standard InChI is InChI=1S/C8H12N4.C2H6/c1-5(9)7-6(11-2)3-4-12-8(7)10;1-2/h3-4,9H,1-2H3,(H3,10,11,12);1-2H3. The van der Waals surface area contributed by atoms with Gasteiger partial charge in [-0.05, 0) is 13.0 Å². The predicted molar refractivity (Wildman–Crippen MR) is 62.0 cm³/mol. The Hall–Kier alpha value is -1.58. The van der Waals surface area contributed by atoms with Crippen LogP contribution in [0.4, 0.5) is 11.5 Å². The van der Waals surface area contributed by atoms with E-state index >= 15 is 0 Å². The first kappa shape index (κ1) is 12.4. The monoisotopic (exact) mass is 194 g/mol. The molecule has 0 aliphatic heterocycles. The molecule has 14 heavy (non-hydrogen) atoms. The van der Waals surface area contributed by atoms with Crippen molar-refractivity contribution >= 4 is 17.2 Å². The van der Waals surface area contributed by atoms with Crippen LogP contribution in [-0.4, -0.2) is 17.7 Å². The number of hydrogen-bond acceptors (Lipinski definition) is 4. The molecule has 0 saturated carbocycles. The van der Waals surface area contributed by atoms with Gasteiger partial charge in [-0.3, -0.25) is 0 Å². The van der Waals surface area contributed by atoms with Gasteiger partial charge in [0, 0.05) is 24.6 Å². The van der Waals surface area contributed by atoms with Crippen LogP contribution in [0.5, 0.6) is 0 Å². The summed E-state index contributed by atoms with van der Waals surface area (Å²) >= 11 is 0. The fourth-order valence-electron chi connectivity index (χ4n) is 1.08. The molecule has 1 rings (SSSR count). The molecule has 1 aromatic heterocycles. The molecule has 1 aromatic rings. The van der Waals surface area contributed by atoms with E-state index in [9.17, 15) is 0 Å². The van der Waals surface area contributed by atoms with Crippen LogP contribution in [0.15, 0.2) is 12.3 Å². The van der Waals surface area contributed by atoms with Gasteiger partial charge in [-0.25, -0.2) is 4.98 Å². The van der Waals surface area contributed by atoms with Gasteiger partial charge in [0.05, 0.1) is 5.56 Å². The Kier molecular flexibility index (Phi) is 5.29. The van der Waals surface area contributed by atoms with Gasteiger partial charge in [-0.1, -0.05) is 13.8 Å². The zero-order chi connectivity index (χ0) is 11.1. The van der Waals surface area contributed by atoms with Crippen LogP contribution >= 0.6 is 0 Å². The fourth-order valence-corrected chi connectivity index (χ4v) is 1.08. The van der Waals surface area contributed by atoms with Crippen molar-refractivity contribution < 1.29 is 0 Å². The maximum atomic E-state index is 7.46. The van der Waals surface area contributed by atoms with Crippen molar-refractivity contribution in [3.63, 3.8) is 0 Å². The average Bonchev–Trinajstić information content (AvgIpc) is 2.19. The summed E-state index contributed by atoms with van der Waals surface area (Å²) in [5.41, 5.74) is 7.55. The number of nitrogens with two attached hydrogens (primary N) is 1. The van der Waals surface area contributed by atoms with Crippen molar-refractivity contribution in [3.8, 4) is 0 Å². The number of nitrogens with one attached hydrogen (secondary N) is 2. The molecular weight excluding hydrogens is 176 g/mol. The molecule has 0 atom stereocenters. The van der Waals surface area contributed by atoms with E-state index in [1.807, 2.05) is 13.8 Å². The first-order chi connectivity index (χ1) is 6.66. The van der Waals surface area contributed by atoms with Crippen LogP contribution in [0.3, 0.4) is 0 Å².